The molecular formula is C16H18N2O. The highest BCUT2D eigenvalue weighted by molar-refractivity contribution is 6.09. The van der Waals surface area contributed by atoms with Crippen LogP contribution in [0.2, 0.25) is 0 Å². The first kappa shape index (κ1) is 13.1. The number of amides is 1. The second-order valence-corrected chi connectivity index (χ2v) is 4.47. The van der Waals surface area contributed by atoms with E-state index < -0.39 is 0 Å². The van der Waals surface area contributed by atoms with Crippen LogP contribution < -0.4 is 10.6 Å². The molecule has 3 heteroatoms. The fourth-order valence-electron chi connectivity index (χ4n) is 2.01. The van der Waals surface area contributed by atoms with Crippen molar-refractivity contribution in [1.82, 2.24) is 0 Å². The van der Waals surface area contributed by atoms with Crippen molar-refractivity contribution in [3.05, 3.63) is 59.7 Å². The number of hydrogen-bond acceptors (Lipinski definition) is 2. The molecule has 0 aliphatic carbocycles. The zero-order chi connectivity index (χ0) is 13.8. The monoisotopic (exact) mass is 254 g/mol. The standard InChI is InChI=1S/C16H18N2O/c1-3-18(13-10-8-12(2)9-11-13)16(19)14-6-4-5-7-15(14)17/h4-11H,3,17H2,1-2H3. The number of benzene rings is 2. The van der Waals surface area contributed by atoms with E-state index in [0.29, 0.717) is 17.8 Å². The number of aryl methyl sites for hydroxylation is 1. The van der Waals surface area contributed by atoms with Gasteiger partial charge in [0.2, 0.25) is 0 Å². The number of para-hydroxylation sites is 1. The number of nitrogen functional groups attached to an aromatic ring is 1. The molecule has 3 nitrogen and oxygen atoms in total. The lowest BCUT2D eigenvalue weighted by Crippen LogP contribution is -2.31. The third-order valence-corrected chi connectivity index (χ3v) is 3.10. The Bertz CT molecular complexity index is 576. The molecule has 0 unspecified atom stereocenters. The Balaban J connectivity index is 2.35. The van der Waals surface area contributed by atoms with Crippen LogP contribution in [0, 0.1) is 6.92 Å². The van der Waals surface area contributed by atoms with Gasteiger partial charge in [0.15, 0.2) is 0 Å². The molecule has 0 spiro atoms. The Morgan fingerprint density at radius 2 is 1.74 bits per heavy atom. The topological polar surface area (TPSA) is 46.3 Å². The molecule has 2 aromatic rings. The lowest BCUT2D eigenvalue weighted by Gasteiger charge is -2.22. The van der Waals surface area contributed by atoms with Gasteiger partial charge in [0.25, 0.3) is 5.91 Å². The van der Waals surface area contributed by atoms with Crippen LogP contribution in [0.25, 0.3) is 0 Å². The summed E-state index contributed by atoms with van der Waals surface area (Å²) in [6.07, 6.45) is 0. The van der Waals surface area contributed by atoms with Crippen LogP contribution in [0.4, 0.5) is 11.4 Å². The summed E-state index contributed by atoms with van der Waals surface area (Å²) >= 11 is 0. The first-order valence-corrected chi connectivity index (χ1v) is 6.36. The van der Waals surface area contributed by atoms with Gasteiger partial charge in [-0.05, 0) is 38.1 Å². The minimum absolute atomic E-state index is 0.0653. The maximum atomic E-state index is 12.5. The van der Waals surface area contributed by atoms with Gasteiger partial charge < -0.3 is 10.6 Å². The molecule has 0 fully saturated rings. The minimum atomic E-state index is -0.0653. The molecule has 98 valence electrons. The van der Waals surface area contributed by atoms with Crippen molar-refractivity contribution >= 4 is 17.3 Å². The van der Waals surface area contributed by atoms with E-state index in [-0.39, 0.29) is 5.91 Å². The molecule has 0 heterocycles. The lowest BCUT2D eigenvalue weighted by molar-refractivity contribution is 0.0989. The summed E-state index contributed by atoms with van der Waals surface area (Å²) < 4.78 is 0. The van der Waals surface area contributed by atoms with Crippen molar-refractivity contribution in [3.63, 3.8) is 0 Å². The van der Waals surface area contributed by atoms with E-state index in [1.165, 1.54) is 5.56 Å². The summed E-state index contributed by atoms with van der Waals surface area (Å²) in [5.74, 6) is -0.0653. The number of carbonyl (C=O) groups excluding carboxylic acids is 1. The number of carbonyl (C=O) groups is 1. The van der Waals surface area contributed by atoms with Crippen LogP contribution in [-0.4, -0.2) is 12.5 Å². The molecule has 0 aliphatic heterocycles. The van der Waals surface area contributed by atoms with Crippen molar-refractivity contribution in [3.8, 4) is 0 Å². The third kappa shape index (κ3) is 2.76. The van der Waals surface area contributed by atoms with E-state index in [4.69, 9.17) is 5.73 Å². The van der Waals surface area contributed by atoms with Crippen LogP contribution in [0.5, 0.6) is 0 Å². The summed E-state index contributed by atoms with van der Waals surface area (Å²) in [6.45, 7) is 4.59. The number of rotatable bonds is 3. The van der Waals surface area contributed by atoms with Gasteiger partial charge in [0.05, 0.1) is 5.56 Å². The van der Waals surface area contributed by atoms with Crippen molar-refractivity contribution < 1.29 is 4.79 Å². The number of hydrogen-bond donors (Lipinski definition) is 1. The molecule has 0 aromatic heterocycles. The Kier molecular flexibility index (Phi) is 3.85. The van der Waals surface area contributed by atoms with Crippen molar-refractivity contribution in [2.75, 3.05) is 17.2 Å². The van der Waals surface area contributed by atoms with Gasteiger partial charge in [-0.1, -0.05) is 29.8 Å². The van der Waals surface area contributed by atoms with E-state index in [0.717, 1.165) is 5.69 Å². The molecule has 0 atom stereocenters. The highest BCUT2D eigenvalue weighted by Gasteiger charge is 2.17. The highest BCUT2D eigenvalue weighted by Crippen LogP contribution is 2.20. The van der Waals surface area contributed by atoms with E-state index in [9.17, 15) is 4.79 Å². The molecule has 0 bridgehead atoms. The Labute approximate surface area is 113 Å². The molecule has 0 saturated carbocycles. The molecule has 0 saturated heterocycles. The molecule has 1 amide bonds. The average molecular weight is 254 g/mol. The first-order valence-electron chi connectivity index (χ1n) is 6.36. The molecule has 2 N–H and O–H groups in total. The quantitative estimate of drug-likeness (QED) is 0.855. The average Bonchev–Trinajstić information content (AvgIpc) is 2.42. The van der Waals surface area contributed by atoms with Gasteiger partial charge in [0, 0.05) is 17.9 Å². The van der Waals surface area contributed by atoms with Gasteiger partial charge in [-0.2, -0.15) is 0 Å². The predicted octanol–water partition coefficient (Wildman–Crippen LogP) is 3.24. The predicted molar refractivity (Wildman–Crippen MR) is 79.4 cm³/mol. The molecule has 19 heavy (non-hydrogen) atoms. The van der Waals surface area contributed by atoms with Gasteiger partial charge in [-0.25, -0.2) is 0 Å². The number of nitrogens with zero attached hydrogens (tertiary/aromatic N) is 1. The molecule has 0 radical (unpaired) electrons. The fraction of sp³-hybridized carbons (Fsp3) is 0.188. The second kappa shape index (κ2) is 5.57. The van der Waals surface area contributed by atoms with Crippen molar-refractivity contribution in [2.24, 2.45) is 0 Å². The summed E-state index contributed by atoms with van der Waals surface area (Å²) in [7, 11) is 0. The largest absolute Gasteiger partial charge is 0.398 e. The smallest absolute Gasteiger partial charge is 0.260 e. The Morgan fingerprint density at radius 3 is 2.32 bits per heavy atom. The first-order chi connectivity index (χ1) is 9.13. The van der Waals surface area contributed by atoms with Crippen LogP contribution in [0.1, 0.15) is 22.8 Å². The minimum Gasteiger partial charge on any atom is -0.398 e. The lowest BCUT2D eigenvalue weighted by atomic mass is 10.1. The SMILES string of the molecule is CCN(C(=O)c1ccccc1N)c1ccc(C)cc1. The van der Waals surface area contributed by atoms with E-state index >= 15 is 0 Å². The van der Waals surface area contributed by atoms with Crippen molar-refractivity contribution in [1.29, 1.82) is 0 Å². The highest BCUT2D eigenvalue weighted by atomic mass is 16.2. The molecule has 0 aliphatic rings. The van der Waals surface area contributed by atoms with E-state index in [1.807, 2.05) is 50.2 Å². The van der Waals surface area contributed by atoms with E-state index in [2.05, 4.69) is 0 Å². The molecule has 2 rings (SSSR count). The zero-order valence-corrected chi connectivity index (χ0v) is 11.3. The molecular weight excluding hydrogens is 236 g/mol. The van der Waals surface area contributed by atoms with Crippen LogP contribution in [0.3, 0.4) is 0 Å². The van der Waals surface area contributed by atoms with Crippen LogP contribution in [0.15, 0.2) is 48.5 Å². The van der Waals surface area contributed by atoms with Gasteiger partial charge in [-0.3, -0.25) is 4.79 Å². The maximum Gasteiger partial charge on any atom is 0.260 e. The van der Waals surface area contributed by atoms with Gasteiger partial charge in [0.1, 0.15) is 0 Å². The Morgan fingerprint density at radius 1 is 1.11 bits per heavy atom. The zero-order valence-electron chi connectivity index (χ0n) is 11.3. The summed E-state index contributed by atoms with van der Waals surface area (Å²) in [5, 5.41) is 0. The number of anilines is 2. The Hall–Kier alpha value is -2.29. The normalized spacial score (nSPS) is 10.2. The van der Waals surface area contributed by atoms with Crippen molar-refractivity contribution in [2.45, 2.75) is 13.8 Å². The number of nitrogens with two attached hydrogens (primary N) is 1. The maximum absolute atomic E-state index is 12.5. The fourth-order valence-corrected chi connectivity index (χ4v) is 2.01. The summed E-state index contributed by atoms with van der Waals surface area (Å²) in [5.41, 5.74) is 8.99. The second-order valence-electron chi connectivity index (χ2n) is 4.47. The van der Waals surface area contributed by atoms with Gasteiger partial charge >= 0.3 is 0 Å². The summed E-state index contributed by atoms with van der Waals surface area (Å²) in [6, 6.07) is 15.1. The van der Waals surface area contributed by atoms with E-state index in [1.54, 1.807) is 17.0 Å². The molecule has 2 aromatic carbocycles. The van der Waals surface area contributed by atoms with Crippen LogP contribution >= 0.6 is 0 Å². The summed E-state index contributed by atoms with van der Waals surface area (Å²) in [4.78, 5) is 14.3. The van der Waals surface area contributed by atoms with Crippen LogP contribution in [-0.2, 0) is 0 Å². The third-order valence-electron chi connectivity index (χ3n) is 3.10. The van der Waals surface area contributed by atoms with Gasteiger partial charge in [-0.15, -0.1) is 0 Å².